The van der Waals surface area contributed by atoms with Crippen LogP contribution in [0, 0.1) is 0 Å². The van der Waals surface area contributed by atoms with E-state index < -0.39 is 5.69 Å². The van der Waals surface area contributed by atoms with Gasteiger partial charge < -0.3 is 5.32 Å². The highest BCUT2D eigenvalue weighted by Crippen LogP contribution is 2.16. The van der Waals surface area contributed by atoms with Crippen LogP contribution in [0.15, 0.2) is 52.1 Å². The van der Waals surface area contributed by atoms with Gasteiger partial charge in [0.25, 0.3) is 11.5 Å². The highest BCUT2D eigenvalue weighted by molar-refractivity contribution is 6.30. The van der Waals surface area contributed by atoms with Crippen molar-refractivity contribution in [3.63, 3.8) is 0 Å². The summed E-state index contributed by atoms with van der Waals surface area (Å²) in [5, 5.41) is 8.23. The maximum atomic E-state index is 13.4. The van der Waals surface area contributed by atoms with Crippen LogP contribution in [0.4, 0.5) is 0 Å². The van der Waals surface area contributed by atoms with E-state index in [4.69, 9.17) is 11.6 Å². The van der Waals surface area contributed by atoms with Gasteiger partial charge in [0.15, 0.2) is 0 Å². The lowest BCUT2D eigenvalue weighted by Gasteiger charge is -2.11. The Kier molecular flexibility index (Phi) is 5.88. The van der Waals surface area contributed by atoms with E-state index in [9.17, 15) is 14.4 Å². The van der Waals surface area contributed by atoms with Crippen molar-refractivity contribution < 1.29 is 4.79 Å². The molecule has 0 bridgehead atoms. The molecule has 32 heavy (non-hydrogen) atoms. The number of hydrogen-bond acceptors (Lipinski definition) is 4. The van der Waals surface area contributed by atoms with Gasteiger partial charge in [-0.3, -0.25) is 14.2 Å². The molecule has 0 aliphatic heterocycles. The molecule has 0 aliphatic carbocycles. The number of aromatic nitrogens is 4. The van der Waals surface area contributed by atoms with Crippen molar-refractivity contribution in [2.24, 2.45) is 0 Å². The van der Waals surface area contributed by atoms with Crippen molar-refractivity contribution in [2.45, 2.75) is 46.3 Å². The first-order chi connectivity index (χ1) is 15.3. The maximum Gasteiger partial charge on any atom is 0.352 e. The molecular formula is C23H24ClN5O3. The average molecular weight is 454 g/mol. The van der Waals surface area contributed by atoms with Crippen LogP contribution in [-0.2, 0) is 13.1 Å². The Morgan fingerprint density at radius 3 is 2.62 bits per heavy atom. The molecule has 1 amide bonds. The third-order valence-electron chi connectivity index (χ3n) is 5.13. The highest BCUT2D eigenvalue weighted by atomic mass is 35.5. The predicted molar refractivity (Wildman–Crippen MR) is 125 cm³/mol. The Bertz CT molecular complexity index is 1450. The average Bonchev–Trinajstić information content (AvgIpc) is 3.06. The lowest BCUT2D eigenvalue weighted by molar-refractivity contribution is 0.0943. The van der Waals surface area contributed by atoms with Crippen molar-refractivity contribution in [1.82, 2.24) is 24.1 Å². The first-order valence-electron chi connectivity index (χ1n) is 10.5. The fraction of sp³-hybridized carbons (Fsp3) is 0.304. The van der Waals surface area contributed by atoms with Crippen molar-refractivity contribution in [3.8, 4) is 0 Å². The molecule has 4 aromatic rings. The van der Waals surface area contributed by atoms with E-state index in [1.54, 1.807) is 36.4 Å². The SMILES string of the molecule is CCCn1c(=O)c2ccc(C(=O)NC(C)C)cc2n2c(=O)n(Cc3cccc(Cl)c3)nc12. The number of hydrogen-bond donors (Lipinski definition) is 1. The molecule has 0 saturated carbocycles. The summed E-state index contributed by atoms with van der Waals surface area (Å²) in [4.78, 5) is 39.1. The molecule has 0 radical (unpaired) electrons. The summed E-state index contributed by atoms with van der Waals surface area (Å²) in [6, 6.07) is 11.9. The van der Waals surface area contributed by atoms with Gasteiger partial charge in [0.2, 0.25) is 5.78 Å². The second-order valence-electron chi connectivity index (χ2n) is 8.02. The Morgan fingerprint density at radius 2 is 1.94 bits per heavy atom. The zero-order valence-corrected chi connectivity index (χ0v) is 18.9. The molecule has 9 heteroatoms. The van der Waals surface area contributed by atoms with Crippen molar-refractivity contribution >= 4 is 34.2 Å². The Morgan fingerprint density at radius 1 is 1.16 bits per heavy atom. The quantitative estimate of drug-likeness (QED) is 0.485. The number of rotatable bonds is 6. The number of nitrogens with one attached hydrogen (secondary N) is 1. The first kappa shape index (κ1) is 21.8. The lowest BCUT2D eigenvalue weighted by Crippen LogP contribution is -2.30. The predicted octanol–water partition coefficient (Wildman–Crippen LogP) is 3.06. The van der Waals surface area contributed by atoms with E-state index in [1.165, 1.54) is 13.6 Å². The van der Waals surface area contributed by atoms with Crippen LogP contribution in [0.25, 0.3) is 16.7 Å². The number of nitrogens with zero attached hydrogens (tertiary/aromatic N) is 4. The second-order valence-corrected chi connectivity index (χ2v) is 8.46. The van der Waals surface area contributed by atoms with Crippen LogP contribution in [0.2, 0.25) is 5.02 Å². The Hall–Kier alpha value is -3.39. The molecule has 2 aromatic heterocycles. The summed E-state index contributed by atoms with van der Waals surface area (Å²) in [6.07, 6.45) is 0.700. The number of amides is 1. The minimum Gasteiger partial charge on any atom is -0.350 e. The van der Waals surface area contributed by atoms with E-state index in [0.29, 0.717) is 34.5 Å². The lowest BCUT2D eigenvalue weighted by atomic mass is 10.1. The van der Waals surface area contributed by atoms with E-state index in [-0.39, 0.29) is 29.8 Å². The summed E-state index contributed by atoms with van der Waals surface area (Å²) in [5.74, 6) is -0.0232. The van der Waals surface area contributed by atoms with Gasteiger partial charge in [0, 0.05) is 23.2 Å². The molecule has 0 spiro atoms. The van der Waals surface area contributed by atoms with Crippen LogP contribution in [-0.4, -0.2) is 30.7 Å². The summed E-state index contributed by atoms with van der Waals surface area (Å²) in [7, 11) is 0. The molecular weight excluding hydrogens is 430 g/mol. The maximum absolute atomic E-state index is 13.4. The van der Waals surface area contributed by atoms with Crippen LogP contribution in [0.5, 0.6) is 0 Å². The van der Waals surface area contributed by atoms with E-state index >= 15 is 0 Å². The zero-order valence-electron chi connectivity index (χ0n) is 18.1. The number of carbonyl (C=O) groups is 1. The van der Waals surface area contributed by atoms with Gasteiger partial charge in [-0.05, 0) is 56.2 Å². The van der Waals surface area contributed by atoms with Crippen LogP contribution in [0.1, 0.15) is 43.1 Å². The van der Waals surface area contributed by atoms with Crippen molar-refractivity contribution in [2.75, 3.05) is 0 Å². The molecule has 0 atom stereocenters. The van der Waals surface area contributed by atoms with Crippen LogP contribution >= 0.6 is 11.6 Å². The summed E-state index contributed by atoms with van der Waals surface area (Å²) in [5.41, 5.74) is 0.903. The van der Waals surface area contributed by atoms with Gasteiger partial charge in [-0.1, -0.05) is 30.7 Å². The molecule has 8 nitrogen and oxygen atoms in total. The van der Waals surface area contributed by atoms with E-state index in [2.05, 4.69) is 10.4 Å². The fourth-order valence-electron chi connectivity index (χ4n) is 3.74. The van der Waals surface area contributed by atoms with Crippen LogP contribution in [0.3, 0.4) is 0 Å². The topological polar surface area (TPSA) is 90.4 Å². The third-order valence-corrected chi connectivity index (χ3v) is 5.36. The van der Waals surface area contributed by atoms with Crippen molar-refractivity contribution in [1.29, 1.82) is 0 Å². The highest BCUT2D eigenvalue weighted by Gasteiger charge is 2.19. The molecule has 0 unspecified atom stereocenters. The fourth-order valence-corrected chi connectivity index (χ4v) is 3.95. The number of fused-ring (bicyclic) bond motifs is 3. The van der Waals surface area contributed by atoms with Gasteiger partial charge >= 0.3 is 5.69 Å². The van der Waals surface area contributed by atoms with Gasteiger partial charge in [-0.2, -0.15) is 0 Å². The minimum atomic E-state index is -0.392. The molecule has 2 heterocycles. The monoisotopic (exact) mass is 453 g/mol. The van der Waals surface area contributed by atoms with Gasteiger partial charge in [0.1, 0.15) is 0 Å². The summed E-state index contributed by atoms with van der Waals surface area (Å²) < 4.78 is 4.22. The molecule has 0 fully saturated rings. The number of aryl methyl sites for hydroxylation is 1. The molecule has 0 aliphatic rings. The minimum absolute atomic E-state index is 0.0426. The number of halogens is 1. The molecule has 4 rings (SSSR count). The van der Waals surface area contributed by atoms with Crippen molar-refractivity contribution in [3.05, 3.63) is 79.5 Å². The normalized spacial score (nSPS) is 11.5. The molecule has 1 N–H and O–H groups in total. The van der Waals surface area contributed by atoms with E-state index in [0.717, 1.165) is 5.56 Å². The van der Waals surface area contributed by atoms with E-state index in [1.807, 2.05) is 26.8 Å². The number of benzene rings is 2. The largest absolute Gasteiger partial charge is 0.352 e. The Labute approximate surface area is 189 Å². The smallest absolute Gasteiger partial charge is 0.350 e. The number of carbonyl (C=O) groups excluding carboxylic acids is 1. The standard InChI is InChI=1S/C23H24ClN5O3/c1-4-10-27-21(31)18-9-8-16(20(30)25-14(2)3)12-19(18)29-22(27)26-28(23(29)32)13-15-6-5-7-17(24)11-15/h5-9,11-12,14H,4,10,13H2,1-3H3,(H,25,30). The van der Waals surface area contributed by atoms with Gasteiger partial charge in [-0.15, -0.1) is 5.10 Å². The molecule has 2 aromatic carbocycles. The summed E-state index contributed by atoms with van der Waals surface area (Å²) >= 11 is 6.08. The van der Waals surface area contributed by atoms with Crippen LogP contribution < -0.4 is 16.6 Å². The first-order valence-corrected chi connectivity index (χ1v) is 10.9. The zero-order chi connectivity index (χ0) is 23.0. The second kappa shape index (κ2) is 8.63. The Balaban J connectivity index is 1.98. The summed E-state index contributed by atoms with van der Waals surface area (Å²) in [6.45, 7) is 6.31. The molecule has 166 valence electrons. The van der Waals surface area contributed by atoms with Gasteiger partial charge in [0.05, 0.1) is 17.4 Å². The molecule has 0 saturated heterocycles. The third kappa shape index (κ3) is 3.93. The van der Waals surface area contributed by atoms with Gasteiger partial charge in [-0.25, -0.2) is 13.9 Å².